The van der Waals surface area contributed by atoms with E-state index in [1.54, 1.807) is 30.5 Å². The van der Waals surface area contributed by atoms with Crippen molar-refractivity contribution in [3.05, 3.63) is 107 Å². The van der Waals surface area contributed by atoms with E-state index in [0.29, 0.717) is 10.7 Å². The molecule has 32 heavy (non-hydrogen) atoms. The highest BCUT2D eigenvalue weighted by Crippen LogP contribution is 2.20. The molecule has 160 valence electrons. The molecule has 0 radical (unpaired) electrons. The van der Waals surface area contributed by atoms with E-state index in [-0.39, 0.29) is 10.5 Å². The Hall–Kier alpha value is -3.68. The molecule has 0 saturated heterocycles. The van der Waals surface area contributed by atoms with Crippen LogP contribution in [0.25, 0.3) is 10.8 Å². The third-order valence-corrected chi connectivity index (χ3v) is 6.33. The summed E-state index contributed by atoms with van der Waals surface area (Å²) in [5.74, 6) is -0.523. The third-order valence-electron chi connectivity index (χ3n) is 4.70. The van der Waals surface area contributed by atoms with E-state index in [1.807, 2.05) is 42.5 Å². The molecule has 0 fully saturated rings. The first-order valence-corrected chi connectivity index (χ1v) is 11.5. The maximum absolute atomic E-state index is 12.7. The van der Waals surface area contributed by atoms with Crippen LogP contribution in [0.1, 0.15) is 15.9 Å². The molecule has 4 aromatic rings. The number of nitrogens with zero attached hydrogens (tertiary/aromatic N) is 1. The van der Waals surface area contributed by atoms with Gasteiger partial charge in [-0.1, -0.05) is 60.1 Å². The van der Waals surface area contributed by atoms with Gasteiger partial charge in [-0.3, -0.25) is 9.52 Å². The minimum absolute atomic E-state index is 0.0434. The lowest BCUT2D eigenvalue weighted by Gasteiger charge is -2.09. The number of hydrogen-bond donors (Lipinski definition) is 2. The van der Waals surface area contributed by atoms with E-state index in [4.69, 9.17) is 11.6 Å². The molecule has 4 rings (SSSR count). The van der Waals surface area contributed by atoms with Gasteiger partial charge in [0.25, 0.3) is 15.9 Å². The average molecular weight is 464 g/mol. The number of halogens is 1. The van der Waals surface area contributed by atoms with Gasteiger partial charge >= 0.3 is 0 Å². The second kappa shape index (κ2) is 9.21. The van der Waals surface area contributed by atoms with Gasteiger partial charge in [-0.25, -0.2) is 13.8 Å². The quantitative estimate of drug-likeness (QED) is 0.309. The smallest absolute Gasteiger partial charge is 0.271 e. The second-order valence-electron chi connectivity index (χ2n) is 6.91. The largest absolute Gasteiger partial charge is 0.280 e. The van der Waals surface area contributed by atoms with Crippen molar-refractivity contribution in [1.29, 1.82) is 0 Å². The summed E-state index contributed by atoms with van der Waals surface area (Å²) in [4.78, 5) is 12.5. The molecule has 0 spiro atoms. The third kappa shape index (κ3) is 4.96. The molecular formula is C24H18ClN3O3S. The highest BCUT2D eigenvalue weighted by molar-refractivity contribution is 7.92. The molecule has 6 nitrogen and oxygen atoms in total. The number of rotatable bonds is 6. The van der Waals surface area contributed by atoms with Gasteiger partial charge in [-0.15, -0.1) is 0 Å². The van der Waals surface area contributed by atoms with Crippen molar-refractivity contribution in [2.45, 2.75) is 4.90 Å². The molecule has 8 heteroatoms. The van der Waals surface area contributed by atoms with E-state index in [2.05, 4.69) is 15.2 Å². The van der Waals surface area contributed by atoms with E-state index in [1.165, 1.54) is 24.3 Å². The molecular weight excluding hydrogens is 446 g/mol. The summed E-state index contributed by atoms with van der Waals surface area (Å²) in [6, 6.07) is 25.6. The number of sulfonamides is 1. The Morgan fingerprint density at radius 3 is 2.41 bits per heavy atom. The highest BCUT2D eigenvalue weighted by Gasteiger charge is 2.16. The first kappa shape index (κ1) is 21.5. The van der Waals surface area contributed by atoms with Crippen molar-refractivity contribution in [2.75, 3.05) is 4.72 Å². The Morgan fingerprint density at radius 2 is 1.59 bits per heavy atom. The first-order chi connectivity index (χ1) is 15.4. The number of carbonyl (C=O) groups is 1. The molecule has 0 aliphatic heterocycles. The lowest BCUT2D eigenvalue weighted by atomic mass is 10.1. The van der Waals surface area contributed by atoms with E-state index >= 15 is 0 Å². The van der Waals surface area contributed by atoms with Crippen LogP contribution in [-0.2, 0) is 10.0 Å². The molecule has 0 aliphatic rings. The van der Waals surface area contributed by atoms with Crippen molar-refractivity contribution in [3.63, 3.8) is 0 Å². The van der Waals surface area contributed by atoms with Gasteiger partial charge in [-0.2, -0.15) is 5.10 Å². The van der Waals surface area contributed by atoms with Crippen LogP contribution in [0.5, 0.6) is 0 Å². The van der Waals surface area contributed by atoms with Crippen LogP contribution in [0, 0.1) is 0 Å². The summed E-state index contributed by atoms with van der Waals surface area (Å²) in [7, 11) is -3.88. The normalized spacial score (nSPS) is 11.5. The molecule has 0 saturated carbocycles. The summed E-state index contributed by atoms with van der Waals surface area (Å²) in [6.45, 7) is 0. The van der Waals surface area contributed by atoms with Crippen LogP contribution >= 0.6 is 11.6 Å². The maximum atomic E-state index is 12.7. The van der Waals surface area contributed by atoms with E-state index in [0.717, 1.165) is 16.3 Å². The molecule has 2 N–H and O–H groups in total. The second-order valence-corrected chi connectivity index (χ2v) is 9.03. The van der Waals surface area contributed by atoms with Gasteiger partial charge in [0, 0.05) is 21.8 Å². The number of carbonyl (C=O) groups excluding carboxylic acids is 1. The predicted molar refractivity (Wildman–Crippen MR) is 128 cm³/mol. The van der Waals surface area contributed by atoms with Gasteiger partial charge in [-0.05, 0) is 53.2 Å². The number of nitrogens with one attached hydrogen (secondary N) is 2. The summed E-state index contributed by atoms with van der Waals surface area (Å²) in [6.07, 6.45) is 1.56. The van der Waals surface area contributed by atoms with Gasteiger partial charge < -0.3 is 0 Å². The zero-order valence-electron chi connectivity index (χ0n) is 16.7. The topological polar surface area (TPSA) is 87.6 Å². The van der Waals surface area contributed by atoms with Crippen LogP contribution in [0.4, 0.5) is 5.69 Å². The van der Waals surface area contributed by atoms with E-state index < -0.39 is 15.9 Å². The lowest BCUT2D eigenvalue weighted by Crippen LogP contribution is -2.19. The minimum Gasteiger partial charge on any atom is -0.280 e. The Balaban J connectivity index is 1.49. The van der Waals surface area contributed by atoms with Gasteiger partial charge in [0.1, 0.15) is 0 Å². The molecule has 0 heterocycles. The molecule has 0 bridgehead atoms. The predicted octanol–water partition coefficient (Wildman–Crippen LogP) is 5.06. The van der Waals surface area contributed by atoms with Crippen LogP contribution < -0.4 is 10.1 Å². The fourth-order valence-electron chi connectivity index (χ4n) is 3.12. The summed E-state index contributed by atoms with van der Waals surface area (Å²) < 4.78 is 27.8. The van der Waals surface area contributed by atoms with Crippen molar-refractivity contribution in [1.82, 2.24) is 5.43 Å². The van der Waals surface area contributed by atoms with Crippen molar-refractivity contribution in [3.8, 4) is 0 Å². The molecule has 1 amide bonds. The molecule has 0 atom stereocenters. The van der Waals surface area contributed by atoms with Crippen LogP contribution in [0.2, 0.25) is 5.02 Å². The number of fused-ring (bicyclic) bond motifs is 1. The molecule has 0 unspecified atom stereocenters. The molecule has 4 aromatic carbocycles. The monoisotopic (exact) mass is 463 g/mol. The van der Waals surface area contributed by atoms with Gasteiger partial charge in [0.05, 0.1) is 11.1 Å². The zero-order valence-corrected chi connectivity index (χ0v) is 18.3. The highest BCUT2D eigenvalue weighted by atomic mass is 35.5. The molecule has 0 aliphatic carbocycles. The number of benzene rings is 4. The van der Waals surface area contributed by atoms with E-state index in [9.17, 15) is 13.2 Å². The standard InChI is InChI=1S/C24H18ClN3O3S/c25-20-11-13-21(14-12-20)28-32(30,31)22-9-4-7-18(15-22)24(29)27-26-16-19-8-3-6-17-5-1-2-10-23(17)19/h1-16,28H,(H,27,29)/b26-16+. The Bertz CT molecular complexity index is 1410. The Morgan fingerprint density at radius 1 is 0.875 bits per heavy atom. The number of hydrazone groups is 1. The van der Waals surface area contributed by atoms with Crippen LogP contribution in [0.3, 0.4) is 0 Å². The van der Waals surface area contributed by atoms with Crippen LogP contribution in [0.15, 0.2) is 101 Å². The Kier molecular flexibility index (Phi) is 6.20. The van der Waals surface area contributed by atoms with Crippen molar-refractivity contribution >= 4 is 50.2 Å². The number of amides is 1. The maximum Gasteiger partial charge on any atom is 0.271 e. The SMILES string of the molecule is O=C(N/N=C/c1cccc2ccccc12)c1cccc(S(=O)(=O)Nc2ccc(Cl)cc2)c1. The summed E-state index contributed by atoms with van der Waals surface area (Å²) >= 11 is 5.83. The van der Waals surface area contributed by atoms with Gasteiger partial charge in [0.2, 0.25) is 0 Å². The zero-order chi connectivity index (χ0) is 22.6. The fraction of sp³-hybridized carbons (Fsp3) is 0. The summed E-state index contributed by atoms with van der Waals surface area (Å²) in [5, 5.41) is 6.60. The average Bonchev–Trinajstić information content (AvgIpc) is 2.80. The molecule has 0 aromatic heterocycles. The van der Waals surface area contributed by atoms with Gasteiger partial charge in [0.15, 0.2) is 0 Å². The number of anilines is 1. The summed E-state index contributed by atoms with van der Waals surface area (Å²) in [5.41, 5.74) is 3.83. The fourth-order valence-corrected chi connectivity index (χ4v) is 4.35. The van der Waals surface area contributed by atoms with Crippen molar-refractivity contribution in [2.24, 2.45) is 5.10 Å². The van der Waals surface area contributed by atoms with Crippen molar-refractivity contribution < 1.29 is 13.2 Å². The number of hydrogen-bond acceptors (Lipinski definition) is 4. The lowest BCUT2D eigenvalue weighted by molar-refractivity contribution is 0.0955. The minimum atomic E-state index is -3.88. The first-order valence-electron chi connectivity index (χ1n) is 9.62. The Labute approximate surface area is 190 Å². The van der Waals surface area contributed by atoms with Crippen LogP contribution in [-0.4, -0.2) is 20.5 Å².